The van der Waals surface area contributed by atoms with Gasteiger partial charge in [0, 0.05) is 12.8 Å². The summed E-state index contributed by atoms with van der Waals surface area (Å²) < 4.78 is 1.72. The Labute approximate surface area is 117 Å². The zero-order valence-electron chi connectivity index (χ0n) is 10.8. The number of rotatable bonds is 6. The Morgan fingerprint density at radius 3 is 2.68 bits per heavy atom. The highest BCUT2D eigenvalue weighted by Crippen LogP contribution is 2.12. The van der Waals surface area contributed by atoms with Crippen LogP contribution in [0.25, 0.3) is 5.69 Å². The van der Waals surface area contributed by atoms with Crippen LogP contribution in [0.4, 0.5) is 0 Å². The van der Waals surface area contributed by atoms with E-state index in [0.29, 0.717) is 12.8 Å². The quantitative estimate of drug-likeness (QED) is 0.821. The van der Waals surface area contributed by atoms with E-state index in [2.05, 4.69) is 46.8 Å². The fourth-order valence-electron chi connectivity index (χ4n) is 1.83. The number of aliphatic hydroxyl groups is 1. The first-order chi connectivity index (χ1) is 9.20. The Morgan fingerprint density at radius 1 is 1.32 bits per heavy atom. The molecule has 2 rings (SSSR count). The predicted molar refractivity (Wildman–Crippen MR) is 76.7 cm³/mol. The average Bonchev–Trinajstić information content (AvgIpc) is 2.87. The number of aliphatic hydroxyl groups excluding tert-OH is 1. The van der Waals surface area contributed by atoms with E-state index in [1.54, 1.807) is 4.68 Å². The fraction of sp³-hybridized carbons (Fsp3) is 0.385. The molecule has 0 aliphatic rings. The number of hydrogen-bond donors (Lipinski definition) is 1. The van der Waals surface area contributed by atoms with Gasteiger partial charge in [0.1, 0.15) is 0 Å². The van der Waals surface area contributed by atoms with Crippen LogP contribution in [-0.2, 0) is 12.8 Å². The molecule has 0 fully saturated rings. The largest absolute Gasteiger partial charge is 0.502 e. The van der Waals surface area contributed by atoms with E-state index in [0.717, 1.165) is 24.4 Å². The molecule has 0 unspecified atom stereocenters. The number of aromatic nitrogens is 4. The smallest absolute Gasteiger partial charge is 0.156 e. The van der Waals surface area contributed by atoms with Gasteiger partial charge in [-0.15, -0.1) is 5.10 Å². The highest BCUT2D eigenvalue weighted by atomic mass is 32.1. The van der Waals surface area contributed by atoms with Crippen LogP contribution in [0, 0.1) is 0 Å². The maximum atomic E-state index is 9.00. The number of nitrogens with zero attached hydrogens (tertiary/aromatic N) is 4. The predicted octanol–water partition coefficient (Wildman–Crippen LogP) is 2.43. The van der Waals surface area contributed by atoms with E-state index in [4.69, 9.17) is 5.11 Å². The van der Waals surface area contributed by atoms with Crippen molar-refractivity contribution in [2.24, 2.45) is 0 Å². The molecule has 0 spiro atoms. The second-order valence-electron chi connectivity index (χ2n) is 4.27. The molecule has 100 valence electrons. The van der Waals surface area contributed by atoms with E-state index >= 15 is 0 Å². The van der Waals surface area contributed by atoms with Crippen molar-refractivity contribution in [2.45, 2.75) is 32.6 Å². The molecule has 19 heavy (non-hydrogen) atoms. The molecule has 5 nitrogen and oxygen atoms in total. The lowest BCUT2D eigenvalue weighted by atomic mass is 10.1. The minimum atomic E-state index is 0.0336. The van der Waals surface area contributed by atoms with E-state index in [1.807, 2.05) is 12.1 Å². The average molecular weight is 276 g/mol. The minimum absolute atomic E-state index is 0.0336. The molecule has 0 aliphatic heterocycles. The van der Waals surface area contributed by atoms with E-state index in [9.17, 15) is 0 Å². The van der Waals surface area contributed by atoms with E-state index in [-0.39, 0.29) is 5.05 Å². The molecule has 0 atom stereocenters. The molecule has 0 amide bonds. The van der Waals surface area contributed by atoms with Crippen LogP contribution in [0.3, 0.4) is 0 Å². The highest BCUT2D eigenvalue weighted by Gasteiger charge is 2.08. The first-order valence-corrected chi connectivity index (χ1v) is 6.70. The summed E-state index contributed by atoms with van der Waals surface area (Å²) >= 11 is 4.64. The number of aryl methyl sites for hydroxylation is 2. The van der Waals surface area contributed by atoms with Gasteiger partial charge in [-0.2, -0.15) is 4.68 Å². The third-order valence-electron chi connectivity index (χ3n) is 2.91. The molecule has 1 aromatic heterocycles. The van der Waals surface area contributed by atoms with Crippen molar-refractivity contribution >= 4 is 17.3 Å². The third kappa shape index (κ3) is 3.57. The summed E-state index contributed by atoms with van der Waals surface area (Å²) in [7, 11) is 0. The Kier molecular flexibility index (Phi) is 4.57. The van der Waals surface area contributed by atoms with Crippen LogP contribution < -0.4 is 0 Å². The minimum Gasteiger partial charge on any atom is -0.502 e. The summed E-state index contributed by atoms with van der Waals surface area (Å²) in [5, 5.41) is 20.7. The first kappa shape index (κ1) is 13.6. The molecule has 0 radical (unpaired) electrons. The second-order valence-corrected chi connectivity index (χ2v) is 4.75. The Bertz CT molecular complexity index is 550. The van der Waals surface area contributed by atoms with Crippen LogP contribution >= 0.6 is 12.2 Å². The van der Waals surface area contributed by atoms with Gasteiger partial charge in [-0.3, -0.25) is 0 Å². The second kappa shape index (κ2) is 6.38. The number of benzene rings is 1. The topological polar surface area (TPSA) is 63.8 Å². The van der Waals surface area contributed by atoms with Gasteiger partial charge in [-0.05, 0) is 53.2 Å². The zero-order valence-corrected chi connectivity index (χ0v) is 11.6. The van der Waals surface area contributed by atoms with Gasteiger partial charge in [0.05, 0.1) is 5.69 Å². The van der Waals surface area contributed by atoms with Gasteiger partial charge >= 0.3 is 0 Å². The van der Waals surface area contributed by atoms with Crippen molar-refractivity contribution in [3.63, 3.8) is 0 Å². The van der Waals surface area contributed by atoms with Gasteiger partial charge in [0.25, 0.3) is 0 Å². The lowest BCUT2D eigenvalue weighted by molar-refractivity contribution is 0.541. The Morgan fingerprint density at radius 2 is 2.05 bits per heavy atom. The van der Waals surface area contributed by atoms with Crippen molar-refractivity contribution in [1.29, 1.82) is 0 Å². The highest BCUT2D eigenvalue weighted by molar-refractivity contribution is 7.80. The van der Waals surface area contributed by atoms with Crippen molar-refractivity contribution in [1.82, 2.24) is 20.2 Å². The van der Waals surface area contributed by atoms with Gasteiger partial charge in [-0.1, -0.05) is 19.1 Å². The van der Waals surface area contributed by atoms with Crippen LogP contribution in [0.1, 0.15) is 31.2 Å². The Hall–Kier alpha value is -1.82. The molecule has 0 aliphatic carbocycles. The fourth-order valence-corrected chi connectivity index (χ4v) is 1.98. The lowest BCUT2D eigenvalue weighted by Crippen LogP contribution is -2.04. The maximum absolute atomic E-state index is 9.00. The zero-order chi connectivity index (χ0) is 13.7. The number of hydrogen-bond acceptors (Lipinski definition) is 4. The van der Waals surface area contributed by atoms with Gasteiger partial charge in [0.2, 0.25) is 0 Å². The SMILES string of the molecule is CCc1ccc(-n2nnnc2CCCC(O)=S)cc1. The van der Waals surface area contributed by atoms with Gasteiger partial charge in [-0.25, -0.2) is 0 Å². The molecular formula is C13H16N4OS. The van der Waals surface area contributed by atoms with Crippen LogP contribution in [0.2, 0.25) is 0 Å². The van der Waals surface area contributed by atoms with Crippen molar-refractivity contribution in [2.75, 3.05) is 0 Å². The van der Waals surface area contributed by atoms with Crippen molar-refractivity contribution in [3.8, 4) is 5.69 Å². The standard InChI is InChI=1S/C13H16N4OS/c1-2-10-6-8-11(9-7-10)17-12(14-15-16-17)4-3-5-13(18)19/h6-9H,2-5H2,1H3,(H,18,19). The Balaban J connectivity index is 2.11. The molecule has 6 heteroatoms. The summed E-state index contributed by atoms with van der Waals surface area (Å²) in [4.78, 5) is 0. The van der Waals surface area contributed by atoms with Crippen molar-refractivity contribution in [3.05, 3.63) is 35.7 Å². The molecular weight excluding hydrogens is 260 g/mol. The molecule has 1 N–H and O–H groups in total. The number of thiocarbonyl (C=S) groups is 1. The summed E-state index contributed by atoms with van der Waals surface area (Å²) in [6.45, 7) is 2.12. The van der Waals surface area contributed by atoms with Crippen molar-refractivity contribution < 1.29 is 5.11 Å². The summed E-state index contributed by atoms with van der Waals surface area (Å²) in [6.07, 6.45) is 2.93. The van der Waals surface area contributed by atoms with E-state index < -0.39 is 0 Å². The molecule has 0 bridgehead atoms. The third-order valence-corrected chi connectivity index (χ3v) is 3.12. The number of tetrazole rings is 1. The summed E-state index contributed by atoms with van der Waals surface area (Å²) in [5.74, 6) is 0.778. The molecule has 1 aromatic carbocycles. The first-order valence-electron chi connectivity index (χ1n) is 6.29. The van der Waals surface area contributed by atoms with E-state index in [1.165, 1.54) is 5.56 Å². The summed E-state index contributed by atoms with van der Waals surface area (Å²) in [5.41, 5.74) is 2.23. The normalized spacial score (nSPS) is 10.6. The van der Waals surface area contributed by atoms with Gasteiger partial charge < -0.3 is 5.11 Å². The monoisotopic (exact) mass is 276 g/mol. The van der Waals surface area contributed by atoms with Gasteiger partial charge in [0.15, 0.2) is 10.9 Å². The van der Waals surface area contributed by atoms with Crippen LogP contribution in [0.15, 0.2) is 24.3 Å². The summed E-state index contributed by atoms with van der Waals surface area (Å²) in [6, 6.07) is 8.16. The lowest BCUT2D eigenvalue weighted by Gasteiger charge is -2.05. The molecule has 0 saturated carbocycles. The van der Waals surface area contributed by atoms with Crippen LogP contribution in [0.5, 0.6) is 0 Å². The van der Waals surface area contributed by atoms with Crippen LogP contribution in [-0.4, -0.2) is 30.4 Å². The molecule has 1 heterocycles. The molecule has 2 aromatic rings. The maximum Gasteiger partial charge on any atom is 0.156 e. The molecule has 0 saturated heterocycles.